The smallest absolute Gasteiger partial charge is 0.337 e. The molecule has 37 heavy (non-hydrogen) atoms. The highest BCUT2D eigenvalue weighted by atomic mass is 35.5. The molecule has 0 aliphatic carbocycles. The van der Waals surface area contributed by atoms with Gasteiger partial charge in [0.05, 0.1) is 29.7 Å². The van der Waals surface area contributed by atoms with Crippen molar-refractivity contribution in [3.8, 4) is 0 Å². The summed E-state index contributed by atoms with van der Waals surface area (Å²) in [5.74, 6) is -2.41. The van der Waals surface area contributed by atoms with Crippen LogP contribution in [-0.4, -0.2) is 46.7 Å². The number of carbonyl (C=O) groups is 4. The van der Waals surface area contributed by atoms with E-state index in [2.05, 4.69) is 4.74 Å². The summed E-state index contributed by atoms with van der Waals surface area (Å²) in [6.07, 6.45) is -0.286. The van der Waals surface area contributed by atoms with E-state index in [1.807, 2.05) is 0 Å². The molecule has 1 unspecified atom stereocenters. The molecular weight excluding hydrogens is 502 g/mol. The summed E-state index contributed by atoms with van der Waals surface area (Å²) in [5, 5.41) is 11.2. The number of ether oxygens (including phenoxy) is 1. The van der Waals surface area contributed by atoms with Gasteiger partial charge in [0.25, 0.3) is 17.5 Å². The Bertz CT molecular complexity index is 1390. The van der Waals surface area contributed by atoms with Crippen molar-refractivity contribution in [3.05, 3.63) is 105 Å². The molecule has 0 bridgehead atoms. The SMILES string of the molecule is COC(=O)c1ccc(N2C(=O)CC(N(Cc3ccccc3)C(=O)c3ccc(Cl)c([N+](=O)[O-])c3)C2=O)cc1. The van der Waals surface area contributed by atoms with Gasteiger partial charge in [-0.3, -0.25) is 24.5 Å². The zero-order valence-electron chi connectivity index (χ0n) is 19.5. The Morgan fingerprint density at radius 3 is 2.32 bits per heavy atom. The van der Waals surface area contributed by atoms with Crippen molar-refractivity contribution in [2.24, 2.45) is 0 Å². The summed E-state index contributed by atoms with van der Waals surface area (Å²) < 4.78 is 4.67. The van der Waals surface area contributed by atoms with Gasteiger partial charge in [0.15, 0.2) is 0 Å². The Kier molecular flexibility index (Phi) is 7.30. The van der Waals surface area contributed by atoms with E-state index < -0.39 is 40.3 Å². The molecule has 1 aliphatic rings. The molecule has 1 fully saturated rings. The lowest BCUT2D eigenvalue weighted by Crippen LogP contribution is -2.45. The molecule has 0 aromatic heterocycles. The van der Waals surface area contributed by atoms with Gasteiger partial charge in [-0.1, -0.05) is 41.9 Å². The maximum absolute atomic E-state index is 13.6. The molecule has 11 heteroatoms. The normalized spacial score (nSPS) is 15.0. The highest BCUT2D eigenvalue weighted by molar-refractivity contribution is 6.32. The fourth-order valence-electron chi connectivity index (χ4n) is 4.05. The maximum atomic E-state index is 13.6. The van der Waals surface area contributed by atoms with E-state index in [0.717, 1.165) is 11.0 Å². The van der Waals surface area contributed by atoms with Crippen LogP contribution in [0.25, 0.3) is 0 Å². The summed E-state index contributed by atoms with van der Waals surface area (Å²) >= 11 is 5.90. The van der Waals surface area contributed by atoms with E-state index in [-0.39, 0.29) is 34.8 Å². The van der Waals surface area contributed by atoms with Gasteiger partial charge in [-0.25, -0.2) is 9.69 Å². The van der Waals surface area contributed by atoms with Crippen molar-refractivity contribution in [1.29, 1.82) is 0 Å². The average molecular weight is 522 g/mol. The van der Waals surface area contributed by atoms with Crippen molar-refractivity contribution in [3.63, 3.8) is 0 Å². The number of imide groups is 1. The van der Waals surface area contributed by atoms with Crippen molar-refractivity contribution in [2.45, 2.75) is 19.0 Å². The van der Waals surface area contributed by atoms with E-state index in [1.54, 1.807) is 30.3 Å². The topological polar surface area (TPSA) is 127 Å². The quantitative estimate of drug-likeness (QED) is 0.199. The van der Waals surface area contributed by atoms with Gasteiger partial charge in [0.1, 0.15) is 11.1 Å². The first-order chi connectivity index (χ1) is 17.7. The number of hydrogen-bond acceptors (Lipinski definition) is 7. The third-order valence-corrected chi connectivity index (χ3v) is 6.21. The monoisotopic (exact) mass is 521 g/mol. The Hall–Kier alpha value is -4.57. The molecule has 10 nitrogen and oxygen atoms in total. The largest absolute Gasteiger partial charge is 0.465 e. The predicted octanol–water partition coefficient (Wildman–Crippen LogP) is 4.01. The molecule has 4 rings (SSSR count). The average Bonchev–Trinajstić information content (AvgIpc) is 3.20. The number of rotatable bonds is 7. The Morgan fingerprint density at radius 1 is 1.05 bits per heavy atom. The third kappa shape index (κ3) is 5.19. The fraction of sp³-hybridized carbons (Fsp3) is 0.154. The Morgan fingerprint density at radius 2 is 1.70 bits per heavy atom. The second-order valence-corrected chi connectivity index (χ2v) is 8.57. The second-order valence-electron chi connectivity index (χ2n) is 8.17. The van der Waals surface area contributed by atoms with Crippen molar-refractivity contribution >= 4 is 46.7 Å². The molecule has 0 N–H and O–H groups in total. The van der Waals surface area contributed by atoms with Crippen molar-refractivity contribution < 1.29 is 28.8 Å². The minimum atomic E-state index is -1.16. The van der Waals surface area contributed by atoms with Gasteiger partial charge in [-0.15, -0.1) is 0 Å². The Balaban J connectivity index is 1.69. The van der Waals surface area contributed by atoms with Crippen LogP contribution in [-0.2, 0) is 20.9 Å². The van der Waals surface area contributed by atoms with Crippen LogP contribution in [0.1, 0.15) is 32.7 Å². The molecule has 3 amide bonds. The summed E-state index contributed by atoms with van der Waals surface area (Å²) in [4.78, 5) is 64.6. The van der Waals surface area contributed by atoms with E-state index in [9.17, 15) is 29.3 Å². The van der Waals surface area contributed by atoms with Gasteiger partial charge in [0.2, 0.25) is 5.91 Å². The van der Waals surface area contributed by atoms with E-state index in [1.165, 1.54) is 48.4 Å². The molecule has 1 aliphatic heterocycles. The van der Waals surface area contributed by atoms with Crippen LogP contribution < -0.4 is 4.90 Å². The molecule has 1 heterocycles. The van der Waals surface area contributed by atoms with Gasteiger partial charge in [0, 0.05) is 18.2 Å². The number of anilines is 1. The van der Waals surface area contributed by atoms with Gasteiger partial charge in [-0.2, -0.15) is 0 Å². The number of amides is 3. The first-order valence-corrected chi connectivity index (χ1v) is 11.4. The first kappa shape index (κ1) is 25.5. The maximum Gasteiger partial charge on any atom is 0.337 e. The van der Waals surface area contributed by atoms with Crippen molar-refractivity contribution in [2.75, 3.05) is 12.0 Å². The summed E-state index contributed by atoms with van der Waals surface area (Å²) in [5.41, 5.74) is 0.674. The van der Waals surface area contributed by atoms with Crippen LogP contribution >= 0.6 is 11.6 Å². The van der Waals surface area contributed by atoms with Crippen LogP contribution in [0.15, 0.2) is 72.8 Å². The minimum absolute atomic E-state index is 0.0189. The summed E-state index contributed by atoms with van der Waals surface area (Å²) in [6.45, 7) is -0.0189. The molecule has 0 saturated carbocycles. The number of carbonyl (C=O) groups excluding carboxylic acids is 4. The van der Waals surface area contributed by atoms with E-state index in [4.69, 9.17) is 11.6 Å². The number of esters is 1. The number of nitro groups is 1. The number of halogens is 1. The molecule has 0 spiro atoms. The molecular formula is C26H20ClN3O7. The lowest BCUT2D eigenvalue weighted by Gasteiger charge is -2.28. The van der Waals surface area contributed by atoms with E-state index >= 15 is 0 Å². The number of nitrogens with zero attached hydrogens (tertiary/aromatic N) is 3. The van der Waals surface area contributed by atoms with Crippen molar-refractivity contribution in [1.82, 2.24) is 4.90 Å². The minimum Gasteiger partial charge on any atom is -0.465 e. The number of nitro benzene ring substituents is 1. The predicted molar refractivity (Wildman–Crippen MR) is 133 cm³/mol. The molecule has 0 radical (unpaired) electrons. The van der Waals surface area contributed by atoms with Crippen LogP contribution in [0.3, 0.4) is 0 Å². The molecule has 1 saturated heterocycles. The molecule has 188 valence electrons. The summed E-state index contributed by atoms with van der Waals surface area (Å²) in [6, 6.07) is 17.0. The standard InChI is InChI=1S/C26H20ClN3O7/c1-37-26(34)17-7-10-19(11-8-17)29-23(31)14-22(25(29)33)28(15-16-5-3-2-4-6-16)24(32)18-9-12-20(27)21(13-18)30(35)36/h2-13,22H,14-15H2,1H3. The zero-order chi connectivity index (χ0) is 26.7. The molecule has 3 aromatic rings. The van der Waals surface area contributed by atoms with Gasteiger partial charge < -0.3 is 9.64 Å². The van der Waals surface area contributed by atoms with Crippen LogP contribution in [0, 0.1) is 10.1 Å². The van der Waals surface area contributed by atoms with Gasteiger partial charge in [-0.05, 0) is 42.0 Å². The van der Waals surface area contributed by atoms with E-state index in [0.29, 0.717) is 5.56 Å². The lowest BCUT2D eigenvalue weighted by molar-refractivity contribution is -0.384. The van der Waals surface area contributed by atoms with Crippen LogP contribution in [0.4, 0.5) is 11.4 Å². The fourth-order valence-corrected chi connectivity index (χ4v) is 4.24. The first-order valence-electron chi connectivity index (χ1n) is 11.0. The van der Waals surface area contributed by atoms with Gasteiger partial charge >= 0.3 is 5.97 Å². The number of hydrogen-bond donors (Lipinski definition) is 0. The highest BCUT2D eigenvalue weighted by Crippen LogP contribution is 2.30. The van der Waals surface area contributed by atoms with Crippen LogP contribution in [0.5, 0.6) is 0 Å². The highest BCUT2D eigenvalue weighted by Gasteiger charge is 2.44. The summed E-state index contributed by atoms with van der Waals surface area (Å²) in [7, 11) is 1.24. The number of methoxy groups -OCH3 is 1. The Labute approximate surface area is 216 Å². The lowest BCUT2D eigenvalue weighted by atomic mass is 10.1. The second kappa shape index (κ2) is 10.6. The number of benzene rings is 3. The molecule has 1 atom stereocenters. The zero-order valence-corrected chi connectivity index (χ0v) is 20.3. The molecule has 3 aromatic carbocycles. The third-order valence-electron chi connectivity index (χ3n) is 5.89. The van der Waals surface area contributed by atoms with Crippen LogP contribution in [0.2, 0.25) is 5.02 Å².